The lowest BCUT2D eigenvalue weighted by molar-refractivity contribution is -0.120. The van der Waals surface area contributed by atoms with E-state index in [0.29, 0.717) is 17.3 Å². The Hall–Kier alpha value is -2.41. The number of hydrogen-bond acceptors (Lipinski definition) is 5. The van der Waals surface area contributed by atoms with E-state index in [1.807, 2.05) is 18.2 Å². The number of thiazole rings is 1. The maximum Gasteiger partial charge on any atom is 0.347 e. The number of carbonyl (C=O) groups excluding carboxylic acids is 1. The van der Waals surface area contributed by atoms with Gasteiger partial charge in [0, 0.05) is 6.42 Å². The molecule has 1 aliphatic rings. The molecule has 3 rings (SSSR count). The lowest BCUT2D eigenvalue weighted by Crippen LogP contribution is -2.24. The molecule has 0 spiro atoms. The SMILES string of the molecule is Cc1nc(CNC(=O)Cc2ccc3c(c2)CCO3)sc1C(=O)O. The number of ether oxygens (including phenoxy) is 1. The Morgan fingerprint density at radius 2 is 2.26 bits per heavy atom. The first-order valence-electron chi connectivity index (χ1n) is 7.24. The van der Waals surface area contributed by atoms with Gasteiger partial charge in [-0.15, -0.1) is 11.3 Å². The van der Waals surface area contributed by atoms with Crippen LogP contribution in [0.4, 0.5) is 0 Å². The average Bonchev–Trinajstić information content (AvgIpc) is 3.10. The summed E-state index contributed by atoms with van der Waals surface area (Å²) in [5, 5.41) is 12.4. The van der Waals surface area contributed by atoms with Crippen molar-refractivity contribution in [3.05, 3.63) is 44.9 Å². The standard InChI is InChI=1S/C16H16N2O4S/c1-9-15(16(20)21)23-14(18-9)8-17-13(19)7-10-2-3-12-11(6-10)4-5-22-12/h2-3,6H,4-5,7-8H2,1H3,(H,17,19)(H,20,21). The number of fused-ring (bicyclic) bond motifs is 1. The molecule has 0 aliphatic carbocycles. The molecule has 0 atom stereocenters. The number of aromatic carboxylic acids is 1. The highest BCUT2D eigenvalue weighted by Crippen LogP contribution is 2.26. The van der Waals surface area contributed by atoms with E-state index in [2.05, 4.69) is 10.3 Å². The molecule has 120 valence electrons. The van der Waals surface area contributed by atoms with Gasteiger partial charge in [-0.1, -0.05) is 12.1 Å². The van der Waals surface area contributed by atoms with Gasteiger partial charge in [-0.25, -0.2) is 9.78 Å². The molecule has 7 heteroatoms. The number of carboxylic acids is 1. The molecule has 0 radical (unpaired) electrons. The van der Waals surface area contributed by atoms with E-state index in [1.54, 1.807) is 6.92 Å². The minimum atomic E-state index is -0.988. The molecule has 1 aliphatic heterocycles. The van der Waals surface area contributed by atoms with E-state index in [4.69, 9.17) is 9.84 Å². The molecular formula is C16H16N2O4S. The molecule has 1 aromatic heterocycles. The minimum Gasteiger partial charge on any atom is -0.493 e. The first kappa shape index (κ1) is 15.5. The third-order valence-electron chi connectivity index (χ3n) is 3.59. The fraction of sp³-hybridized carbons (Fsp3) is 0.312. The van der Waals surface area contributed by atoms with Crippen LogP contribution in [0.2, 0.25) is 0 Å². The van der Waals surface area contributed by atoms with E-state index >= 15 is 0 Å². The van der Waals surface area contributed by atoms with Crippen molar-refractivity contribution in [2.45, 2.75) is 26.3 Å². The van der Waals surface area contributed by atoms with E-state index in [0.717, 1.165) is 34.6 Å². The number of benzene rings is 1. The Morgan fingerprint density at radius 3 is 3.00 bits per heavy atom. The van der Waals surface area contributed by atoms with Crippen LogP contribution in [0.3, 0.4) is 0 Å². The summed E-state index contributed by atoms with van der Waals surface area (Å²) in [7, 11) is 0. The van der Waals surface area contributed by atoms with Crippen LogP contribution in [0.25, 0.3) is 0 Å². The molecule has 1 amide bonds. The smallest absolute Gasteiger partial charge is 0.347 e. The molecule has 0 fully saturated rings. The molecule has 2 heterocycles. The van der Waals surface area contributed by atoms with Gasteiger partial charge in [0.2, 0.25) is 5.91 Å². The monoisotopic (exact) mass is 332 g/mol. The van der Waals surface area contributed by atoms with E-state index in [9.17, 15) is 9.59 Å². The lowest BCUT2D eigenvalue weighted by atomic mass is 10.1. The van der Waals surface area contributed by atoms with Crippen molar-refractivity contribution < 1.29 is 19.4 Å². The second kappa shape index (κ2) is 6.37. The van der Waals surface area contributed by atoms with Gasteiger partial charge in [-0.3, -0.25) is 4.79 Å². The Labute approximate surface area is 137 Å². The predicted octanol–water partition coefficient (Wildman–Crippen LogP) is 1.94. The molecule has 23 heavy (non-hydrogen) atoms. The molecule has 0 saturated heterocycles. The Bertz CT molecular complexity index is 769. The van der Waals surface area contributed by atoms with E-state index < -0.39 is 5.97 Å². The highest BCUT2D eigenvalue weighted by Gasteiger charge is 2.15. The maximum absolute atomic E-state index is 12.0. The van der Waals surface area contributed by atoms with Gasteiger partial charge in [-0.05, 0) is 24.1 Å². The van der Waals surface area contributed by atoms with Crippen molar-refractivity contribution >= 4 is 23.2 Å². The van der Waals surface area contributed by atoms with Crippen molar-refractivity contribution in [3.8, 4) is 5.75 Å². The maximum atomic E-state index is 12.0. The summed E-state index contributed by atoms with van der Waals surface area (Å²) >= 11 is 1.09. The zero-order valence-electron chi connectivity index (χ0n) is 12.6. The molecule has 0 saturated carbocycles. The van der Waals surface area contributed by atoms with E-state index in [1.165, 1.54) is 0 Å². The van der Waals surface area contributed by atoms with E-state index in [-0.39, 0.29) is 23.7 Å². The first-order chi connectivity index (χ1) is 11.0. The number of aromatic nitrogens is 1. The molecule has 2 aromatic rings. The molecule has 0 bridgehead atoms. The third-order valence-corrected chi connectivity index (χ3v) is 4.74. The quantitative estimate of drug-likeness (QED) is 0.873. The summed E-state index contributed by atoms with van der Waals surface area (Å²) in [4.78, 5) is 27.4. The minimum absolute atomic E-state index is 0.117. The molecule has 0 unspecified atom stereocenters. The lowest BCUT2D eigenvalue weighted by Gasteiger charge is -2.05. The van der Waals surface area contributed by atoms with Crippen molar-refractivity contribution in [1.82, 2.24) is 10.3 Å². The van der Waals surface area contributed by atoms with Crippen LogP contribution >= 0.6 is 11.3 Å². The molecule has 6 nitrogen and oxygen atoms in total. The van der Waals surface area contributed by atoms with Crippen LogP contribution in [-0.4, -0.2) is 28.6 Å². The van der Waals surface area contributed by atoms with Gasteiger partial charge in [0.15, 0.2) is 0 Å². The zero-order chi connectivity index (χ0) is 16.4. The first-order valence-corrected chi connectivity index (χ1v) is 8.05. The number of aryl methyl sites for hydroxylation is 1. The van der Waals surface area contributed by atoms with Crippen LogP contribution < -0.4 is 10.1 Å². The van der Waals surface area contributed by atoms with Gasteiger partial charge in [-0.2, -0.15) is 0 Å². The Balaban J connectivity index is 1.57. The highest BCUT2D eigenvalue weighted by molar-refractivity contribution is 7.13. The van der Waals surface area contributed by atoms with Crippen molar-refractivity contribution in [2.24, 2.45) is 0 Å². The summed E-state index contributed by atoms with van der Waals surface area (Å²) in [5.74, 6) is -0.208. The van der Waals surface area contributed by atoms with Crippen LogP contribution in [0.5, 0.6) is 5.75 Å². The number of rotatable bonds is 5. The second-order valence-electron chi connectivity index (χ2n) is 5.32. The van der Waals surface area contributed by atoms with Gasteiger partial charge < -0.3 is 15.2 Å². The fourth-order valence-electron chi connectivity index (χ4n) is 2.50. The summed E-state index contributed by atoms with van der Waals surface area (Å²) in [5.41, 5.74) is 2.55. The van der Waals surface area contributed by atoms with Gasteiger partial charge in [0.25, 0.3) is 0 Å². The average molecular weight is 332 g/mol. The summed E-state index contributed by atoms with van der Waals surface area (Å²) in [6, 6.07) is 5.78. The predicted molar refractivity (Wildman–Crippen MR) is 85.0 cm³/mol. The van der Waals surface area contributed by atoms with Gasteiger partial charge in [0.05, 0.1) is 25.3 Å². The molecule has 2 N–H and O–H groups in total. The van der Waals surface area contributed by atoms with Gasteiger partial charge >= 0.3 is 5.97 Å². The number of carboxylic acid groups (broad SMARTS) is 1. The number of nitrogens with one attached hydrogen (secondary N) is 1. The molecule has 1 aromatic carbocycles. The van der Waals surface area contributed by atoms with Crippen molar-refractivity contribution in [1.29, 1.82) is 0 Å². The summed E-state index contributed by atoms with van der Waals surface area (Å²) < 4.78 is 5.44. The normalized spacial score (nSPS) is 12.6. The second-order valence-corrected chi connectivity index (χ2v) is 6.40. The van der Waals surface area contributed by atoms with Crippen molar-refractivity contribution in [2.75, 3.05) is 6.61 Å². The number of hydrogen-bond donors (Lipinski definition) is 2. The number of carbonyl (C=O) groups is 2. The van der Waals surface area contributed by atoms with Gasteiger partial charge in [0.1, 0.15) is 15.6 Å². The zero-order valence-corrected chi connectivity index (χ0v) is 13.4. The van der Waals surface area contributed by atoms with Crippen LogP contribution in [0.15, 0.2) is 18.2 Å². The van der Waals surface area contributed by atoms with Crippen LogP contribution in [0.1, 0.15) is 31.5 Å². The Kier molecular flexibility index (Phi) is 4.29. The summed E-state index contributed by atoms with van der Waals surface area (Å²) in [6.45, 7) is 2.59. The van der Waals surface area contributed by atoms with Crippen LogP contribution in [-0.2, 0) is 24.2 Å². The largest absolute Gasteiger partial charge is 0.493 e. The number of nitrogens with zero attached hydrogens (tertiary/aromatic N) is 1. The fourth-order valence-corrected chi connectivity index (χ4v) is 3.34. The molecular weight excluding hydrogens is 316 g/mol. The van der Waals surface area contributed by atoms with Crippen molar-refractivity contribution in [3.63, 3.8) is 0 Å². The topological polar surface area (TPSA) is 88.5 Å². The number of amides is 1. The third kappa shape index (κ3) is 3.50. The highest BCUT2D eigenvalue weighted by atomic mass is 32.1. The summed E-state index contributed by atoms with van der Waals surface area (Å²) in [6.07, 6.45) is 1.16. The van der Waals surface area contributed by atoms with Crippen LogP contribution in [0, 0.1) is 6.92 Å². The Morgan fingerprint density at radius 1 is 1.43 bits per heavy atom.